The van der Waals surface area contributed by atoms with Crippen molar-refractivity contribution in [1.29, 1.82) is 0 Å². The molecule has 14 heavy (non-hydrogen) atoms. The second-order valence-corrected chi connectivity index (χ2v) is 4.97. The van der Waals surface area contributed by atoms with Crippen LogP contribution in [-0.4, -0.2) is 12.3 Å². The molecular formula is C10H14ClNOS. The minimum absolute atomic E-state index is 0.275. The summed E-state index contributed by atoms with van der Waals surface area (Å²) in [5, 5.41) is 0. The van der Waals surface area contributed by atoms with Crippen molar-refractivity contribution in [3.63, 3.8) is 0 Å². The SMILES string of the molecule is NCCCCC(=O)Cc1ccc(Cl)s1. The lowest BCUT2D eigenvalue weighted by atomic mass is 10.1. The molecule has 0 saturated carbocycles. The van der Waals surface area contributed by atoms with Crippen molar-refractivity contribution in [3.8, 4) is 0 Å². The van der Waals surface area contributed by atoms with E-state index in [0.717, 1.165) is 22.1 Å². The van der Waals surface area contributed by atoms with Crippen molar-refractivity contribution >= 4 is 28.7 Å². The van der Waals surface area contributed by atoms with Crippen LogP contribution in [0.2, 0.25) is 4.34 Å². The highest BCUT2D eigenvalue weighted by molar-refractivity contribution is 7.16. The molecule has 1 heterocycles. The van der Waals surface area contributed by atoms with E-state index in [9.17, 15) is 4.79 Å². The summed E-state index contributed by atoms with van der Waals surface area (Å²) >= 11 is 7.24. The van der Waals surface area contributed by atoms with E-state index in [1.54, 1.807) is 0 Å². The molecular weight excluding hydrogens is 218 g/mol. The Kier molecular flexibility index (Phi) is 5.15. The zero-order valence-electron chi connectivity index (χ0n) is 7.96. The van der Waals surface area contributed by atoms with Gasteiger partial charge in [-0.05, 0) is 31.5 Å². The van der Waals surface area contributed by atoms with Crippen LogP contribution in [0.25, 0.3) is 0 Å². The van der Waals surface area contributed by atoms with Crippen molar-refractivity contribution in [2.45, 2.75) is 25.7 Å². The van der Waals surface area contributed by atoms with Gasteiger partial charge in [0.05, 0.1) is 4.34 Å². The first-order valence-electron chi connectivity index (χ1n) is 4.68. The number of nitrogens with two attached hydrogens (primary N) is 1. The van der Waals surface area contributed by atoms with Gasteiger partial charge in [-0.3, -0.25) is 4.79 Å². The summed E-state index contributed by atoms with van der Waals surface area (Å²) in [5.41, 5.74) is 5.34. The van der Waals surface area contributed by atoms with Crippen molar-refractivity contribution < 1.29 is 4.79 Å². The van der Waals surface area contributed by atoms with Crippen molar-refractivity contribution in [1.82, 2.24) is 0 Å². The monoisotopic (exact) mass is 231 g/mol. The van der Waals surface area contributed by atoms with Gasteiger partial charge in [-0.1, -0.05) is 11.6 Å². The van der Waals surface area contributed by atoms with Gasteiger partial charge >= 0.3 is 0 Å². The number of hydrogen-bond acceptors (Lipinski definition) is 3. The number of thiophene rings is 1. The van der Waals surface area contributed by atoms with Crippen LogP contribution in [0, 0.1) is 0 Å². The number of halogens is 1. The zero-order chi connectivity index (χ0) is 10.4. The molecule has 1 aromatic rings. The number of hydrogen-bond donors (Lipinski definition) is 1. The van der Waals surface area contributed by atoms with E-state index < -0.39 is 0 Å². The Balaban J connectivity index is 2.27. The van der Waals surface area contributed by atoms with Crippen LogP contribution in [0.5, 0.6) is 0 Å². The van der Waals surface area contributed by atoms with Gasteiger partial charge in [0.15, 0.2) is 0 Å². The highest BCUT2D eigenvalue weighted by atomic mass is 35.5. The number of Topliss-reactive ketones (excluding diaryl/α,β-unsaturated/α-hetero) is 1. The molecule has 0 atom stereocenters. The summed E-state index contributed by atoms with van der Waals surface area (Å²) in [7, 11) is 0. The predicted octanol–water partition coefficient (Wildman–Crippen LogP) is 2.64. The lowest BCUT2D eigenvalue weighted by molar-refractivity contribution is -0.118. The molecule has 0 aromatic carbocycles. The number of carbonyl (C=O) groups excluding carboxylic acids is 1. The molecule has 4 heteroatoms. The Morgan fingerprint density at radius 3 is 2.79 bits per heavy atom. The molecule has 0 fully saturated rings. The second kappa shape index (κ2) is 6.17. The third-order valence-electron chi connectivity index (χ3n) is 1.91. The fourth-order valence-corrected chi connectivity index (χ4v) is 2.31. The maximum atomic E-state index is 11.4. The second-order valence-electron chi connectivity index (χ2n) is 3.17. The fourth-order valence-electron chi connectivity index (χ4n) is 1.20. The molecule has 0 aliphatic rings. The topological polar surface area (TPSA) is 43.1 Å². The van der Waals surface area contributed by atoms with Gasteiger partial charge < -0.3 is 5.73 Å². The van der Waals surface area contributed by atoms with Crippen LogP contribution < -0.4 is 5.73 Å². The van der Waals surface area contributed by atoms with E-state index in [-0.39, 0.29) is 5.78 Å². The van der Waals surface area contributed by atoms with Gasteiger partial charge in [-0.25, -0.2) is 0 Å². The lowest BCUT2D eigenvalue weighted by Crippen LogP contribution is -2.04. The Bertz CT molecular complexity index is 298. The maximum absolute atomic E-state index is 11.4. The molecule has 1 rings (SSSR count). The summed E-state index contributed by atoms with van der Waals surface area (Å²) in [6.07, 6.45) is 2.97. The molecule has 0 spiro atoms. The van der Waals surface area contributed by atoms with Gasteiger partial charge in [0, 0.05) is 17.7 Å². The average molecular weight is 232 g/mol. The summed E-state index contributed by atoms with van der Waals surface area (Å²) in [4.78, 5) is 12.5. The van der Waals surface area contributed by atoms with Gasteiger partial charge in [0.25, 0.3) is 0 Å². The summed E-state index contributed by atoms with van der Waals surface area (Å²) in [5.74, 6) is 0.275. The van der Waals surface area contributed by atoms with Gasteiger partial charge in [0.1, 0.15) is 5.78 Å². The van der Waals surface area contributed by atoms with E-state index >= 15 is 0 Å². The summed E-state index contributed by atoms with van der Waals surface area (Å²) in [6, 6.07) is 3.74. The minimum Gasteiger partial charge on any atom is -0.330 e. The van der Waals surface area contributed by atoms with Crippen LogP contribution in [0.3, 0.4) is 0 Å². The van der Waals surface area contributed by atoms with E-state index in [4.69, 9.17) is 17.3 Å². The number of ketones is 1. The predicted molar refractivity (Wildman–Crippen MR) is 60.9 cm³/mol. The lowest BCUT2D eigenvalue weighted by Gasteiger charge is -1.97. The summed E-state index contributed by atoms with van der Waals surface area (Å²) in [6.45, 7) is 0.665. The van der Waals surface area contributed by atoms with E-state index in [2.05, 4.69) is 0 Å². The minimum atomic E-state index is 0.275. The van der Waals surface area contributed by atoms with E-state index in [1.165, 1.54) is 11.3 Å². The smallest absolute Gasteiger partial charge is 0.138 e. The molecule has 0 unspecified atom stereocenters. The van der Waals surface area contributed by atoms with Crippen LogP contribution in [0.15, 0.2) is 12.1 Å². The first-order valence-corrected chi connectivity index (χ1v) is 5.88. The third-order valence-corrected chi connectivity index (χ3v) is 3.14. The van der Waals surface area contributed by atoms with Gasteiger partial charge in [-0.2, -0.15) is 0 Å². The molecule has 0 bridgehead atoms. The molecule has 2 N–H and O–H groups in total. The quantitative estimate of drug-likeness (QED) is 0.765. The zero-order valence-corrected chi connectivity index (χ0v) is 9.53. The number of rotatable bonds is 6. The average Bonchev–Trinajstić information content (AvgIpc) is 2.52. The Morgan fingerprint density at radius 2 is 2.21 bits per heavy atom. The van der Waals surface area contributed by atoms with Crippen LogP contribution in [-0.2, 0) is 11.2 Å². The van der Waals surface area contributed by atoms with Gasteiger partial charge in [0.2, 0.25) is 0 Å². The van der Waals surface area contributed by atoms with Crippen LogP contribution in [0.1, 0.15) is 24.1 Å². The highest BCUT2D eigenvalue weighted by Gasteiger charge is 2.05. The molecule has 0 saturated heterocycles. The third kappa shape index (κ3) is 4.22. The molecule has 2 nitrogen and oxygen atoms in total. The highest BCUT2D eigenvalue weighted by Crippen LogP contribution is 2.22. The Morgan fingerprint density at radius 1 is 1.43 bits per heavy atom. The number of carbonyl (C=O) groups is 1. The van der Waals surface area contributed by atoms with Crippen molar-refractivity contribution in [2.24, 2.45) is 5.73 Å². The number of unbranched alkanes of at least 4 members (excludes halogenated alkanes) is 1. The largest absolute Gasteiger partial charge is 0.330 e. The maximum Gasteiger partial charge on any atom is 0.138 e. The fraction of sp³-hybridized carbons (Fsp3) is 0.500. The van der Waals surface area contributed by atoms with Crippen LogP contribution in [0.4, 0.5) is 0 Å². The molecule has 1 aromatic heterocycles. The first kappa shape index (κ1) is 11.7. The standard InChI is InChI=1S/C10H14ClNOS/c11-10-5-4-9(14-10)7-8(13)3-1-2-6-12/h4-5H,1-3,6-7,12H2. The normalized spacial score (nSPS) is 10.4. The van der Waals surface area contributed by atoms with E-state index in [1.807, 2.05) is 12.1 Å². The first-order chi connectivity index (χ1) is 6.72. The molecule has 0 aliphatic heterocycles. The van der Waals surface area contributed by atoms with E-state index in [0.29, 0.717) is 19.4 Å². The summed E-state index contributed by atoms with van der Waals surface area (Å²) < 4.78 is 0.745. The van der Waals surface area contributed by atoms with Crippen molar-refractivity contribution in [2.75, 3.05) is 6.54 Å². The molecule has 0 aliphatic carbocycles. The Hall–Kier alpha value is -0.380. The van der Waals surface area contributed by atoms with Gasteiger partial charge in [-0.15, -0.1) is 11.3 Å². The molecule has 0 radical (unpaired) electrons. The van der Waals surface area contributed by atoms with Crippen LogP contribution >= 0.6 is 22.9 Å². The molecule has 78 valence electrons. The molecule has 0 amide bonds. The Labute approximate surface area is 93.1 Å². The van der Waals surface area contributed by atoms with Crippen molar-refractivity contribution in [3.05, 3.63) is 21.3 Å².